The first-order chi connectivity index (χ1) is 8.60. The molecule has 7 nitrogen and oxygen atoms in total. The molecule has 102 valence electrons. The average Bonchev–Trinajstić information content (AvgIpc) is 2.44. The molecule has 7 heteroatoms. The van der Waals surface area contributed by atoms with Gasteiger partial charge in [-0.1, -0.05) is 0 Å². The van der Waals surface area contributed by atoms with E-state index in [0.29, 0.717) is 23.9 Å². The molecule has 1 rings (SSSR count). The SMILES string of the molecule is COc1ncnc(OC)c1CNC(C)(CO)CO. The highest BCUT2D eigenvalue weighted by molar-refractivity contribution is 5.34. The van der Waals surface area contributed by atoms with Crippen LogP contribution in [0.15, 0.2) is 6.33 Å². The van der Waals surface area contributed by atoms with Crippen LogP contribution in [0.4, 0.5) is 0 Å². The highest BCUT2D eigenvalue weighted by atomic mass is 16.5. The van der Waals surface area contributed by atoms with Gasteiger partial charge in [-0.25, -0.2) is 9.97 Å². The summed E-state index contributed by atoms with van der Waals surface area (Å²) in [5.74, 6) is 0.792. The number of hydrogen-bond acceptors (Lipinski definition) is 7. The molecule has 0 spiro atoms. The zero-order valence-electron chi connectivity index (χ0n) is 10.8. The number of rotatable bonds is 7. The van der Waals surface area contributed by atoms with Crippen molar-refractivity contribution in [2.45, 2.75) is 19.0 Å². The summed E-state index contributed by atoms with van der Waals surface area (Å²) in [4.78, 5) is 7.96. The van der Waals surface area contributed by atoms with Crippen molar-refractivity contribution >= 4 is 0 Å². The lowest BCUT2D eigenvalue weighted by Gasteiger charge is -2.26. The molecule has 18 heavy (non-hydrogen) atoms. The fourth-order valence-electron chi connectivity index (χ4n) is 1.35. The van der Waals surface area contributed by atoms with Gasteiger partial charge in [0.1, 0.15) is 6.33 Å². The van der Waals surface area contributed by atoms with E-state index in [1.165, 1.54) is 20.5 Å². The third-order valence-electron chi connectivity index (χ3n) is 2.64. The van der Waals surface area contributed by atoms with Crippen LogP contribution < -0.4 is 14.8 Å². The second-order valence-corrected chi connectivity index (χ2v) is 4.10. The van der Waals surface area contributed by atoms with E-state index < -0.39 is 5.54 Å². The number of aliphatic hydroxyl groups is 2. The lowest BCUT2D eigenvalue weighted by molar-refractivity contribution is 0.102. The van der Waals surface area contributed by atoms with Crippen LogP contribution >= 0.6 is 0 Å². The van der Waals surface area contributed by atoms with E-state index in [2.05, 4.69) is 15.3 Å². The molecule has 0 radical (unpaired) electrons. The van der Waals surface area contributed by atoms with Crippen LogP contribution in [0.2, 0.25) is 0 Å². The number of aliphatic hydroxyl groups excluding tert-OH is 2. The highest BCUT2D eigenvalue weighted by Gasteiger charge is 2.23. The van der Waals surface area contributed by atoms with E-state index in [-0.39, 0.29) is 13.2 Å². The van der Waals surface area contributed by atoms with E-state index in [4.69, 9.17) is 9.47 Å². The van der Waals surface area contributed by atoms with Crippen molar-refractivity contribution in [2.24, 2.45) is 0 Å². The Morgan fingerprint density at radius 1 is 1.17 bits per heavy atom. The van der Waals surface area contributed by atoms with E-state index in [1.54, 1.807) is 6.92 Å². The number of methoxy groups -OCH3 is 2. The molecular formula is C11H19N3O4. The summed E-state index contributed by atoms with van der Waals surface area (Å²) in [6, 6.07) is 0. The summed E-state index contributed by atoms with van der Waals surface area (Å²) >= 11 is 0. The van der Waals surface area contributed by atoms with Gasteiger partial charge in [0.25, 0.3) is 0 Å². The summed E-state index contributed by atoms with van der Waals surface area (Å²) < 4.78 is 10.2. The van der Waals surface area contributed by atoms with Crippen molar-refractivity contribution in [2.75, 3.05) is 27.4 Å². The lowest BCUT2D eigenvalue weighted by Crippen LogP contribution is -2.48. The Bertz CT molecular complexity index is 360. The van der Waals surface area contributed by atoms with Crippen molar-refractivity contribution < 1.29 is 19.7 Å². The first kappa shape index (κ1) is 14.6. The monoisotopic (exact) mass is 257 g/mol. The van der Waals surface area contributed by atoms with Crippen molar-refractivity contribution in [1.29, 1.82) is 0 Å². The third kappa shape index (κ3) is 3.28. The van der Waals surface area contributed by atoms with Gasteiger partial charge in [-0.15, -0.1) is 0 Å². The van der Waals surface area contributed by atoms with Crippen molar-refractivity contribution in [3.63, 3.8) is 0 Å². The predicted octanol–water partition coefficient (Wildman–Crippen LogP) is -0.673. The molecule has 3 N–H and O–H groups in total. The van der Waals surface area contributed by atoms with Gasteiger partial charge in [-0.3, -0.25) is 0 Å². The fourth-order valence-corrected chi connectivity index (χ4v) is 1.35. The number of ether oxygens (including phenoxy) is 2. The van der Waals surface area contributed by atoms with Crippen LogP contribution in [0.25, 0.3) is 0 Å². The Morgan fingerprint density at radius 3 is 2.06 bits per heavy atom. The fraction of sp³-hybridized carbons (Fsp3) is 0.636. The van der Waals surface area contributed by atoms with Gasteiger partial charge in [0.05, 0.1) is 38.5 Å². The predicted molar refractivity (Wildman–Crippen MR) is 64.6 cm³/mol. The van der Waals surface area contributed by atoms with Crippen molar-refractivity contribution in [1.82, 2.24) is 15.3 Å². The van der Waals surface area contributed by atoms with E-state index in [9.17, 15) is 10.2 Å². The Morgan fingerprint density at radius 2 is 1.67 bits per heavy atom. The molecule has 0 aliphatic carbocycles. The molecule has 0 saturated carbocycles. The second kappa shape index (κ2) is 6.48. The van der Waals surface area contributed by atoms with Crippen LogP contribution in [0.5, 0.6) is 11.8 Å². The van der Waals surface area contributed by atoms with Gasteiger partial charge in [-0.05, 0) is 6.92 Å². The maximum absolute atomic E-state index is 9.20. The Balaban J connectivity index is 2.89. The van der Waals surface area contributed by atoms with E-state index in [1.807, 2.05) is 0 Å². The number of nitrogens with one attached hydrogen (secondary N) is 1. The Kier molecular flexibility index (Phi) is 5.26. The number of hydrogen-bond donors (Lipinski definition) is 3. The molecular weight excluding hydrogens is 238 g/mol. The maximum Gasteiger partial charge on any atom is 0.224 e. The minimum absolute atomic E-state index is 0.193. The Hall–Kier alpha value is -1.44. The van der Waals surface area contributed by atoms with Gasteiger partial charge in [-0.2, -0.15) is 0 Å². The van der Waals surface area contributed by atoms with Crippen LogP contribution in [-0.2, 0) is 6.54 Å². The van der Waals surface area contributed by atoms with Gasteiger partial charge in [0, 0.05) is 6.54 Å². The number of nitrogens with zero attached hydrogens (tertiary/aromatic N) is 2. The molecule has 0 fully saturated rings. The smallest absolute Gasteiger partial charge is 0.224 e. The standard InChI is InChI=1S/C11H19N3O4/c1-11(5-15,6-16)14-4-8-9(17-2)12-7-13-10(8)18-3/h7,14-16H,4-6H2,1-3H3. The highest BCUT2D eigenvalue weighted by Crippen LogP contribution is 2.23. The molecule has 0 saturated heterocycles. The van der Waals surface area contributed by atoms with Gasteiger partial charge in [0.2, 0.25) is 11.8 Å². The molecule has 1 aromatic heterocycles. The van der Waals surface area contributed by atoms with Crippen molar-refractivity contribution in [3.05, 3.63) is 11.9 Å². The molecule has 0 unspecified atom stereocenters. The first-order valence-corrected chi connectivity index (χ1v) is 5.49. The molecule has 1 aromatic rings. The molecule has 0 aliphatic heterocycles. The van der Waals surface area contributed by atoms with Crippen LogP contribution in [0.1, 0.15) is 12.5 Å². The van der Waals surface area contributed by atoms with E-state index >= 15 is 0 Å². The summed E-state index contributed by atoms with van der Waals surface area (Å²) in [6.45, 7) is 1.63. The average molecular weight is 257 g/mol. The lowest BCUT2D eigenvalue weighted by atomic mass is 10.1. The van der Waals surface area contributed by atoms with Crippen LogP contribution in [0, 0.1) is 0 Å². The molecule has 0 aromatic carbocycles. The minimum atomic E-state index is -0.786. The van der Waals surface area contributed by atoms with Gasteiger partial charge in [0.15, 0.2) is 0 Å². The molecule has 0 bridgehead atoms. The molecule has 0 atom stereocenters. The molecule has 1 heterocycles. The zero-order valence-corrected chi connectivity index (χ0v) is 10.8. The third-order valence-corrected chi connectivity index (χ3v) is 2.64. The summed E-state index contributed by atoms with van der Waals surface area (Å²) in [7, 11) is 3.01. The summed E-state index contributed by atoms with van der Waals surface area (Å²) in [5, 5.41) is 21.4. The van der Waals surface area contributed by atoms with Crippen LogP contribution in [0.3, 0.4) is 0 Å². The van der Waals surface area contributed by atoms with Gasteiger partial charge >= 0.3 is 0 Å². The Labute approximate surface area is 106 Å². The van der Waals surface area contributed by atoms with Crippen molar-refractivity contribution in [3.8, 4) is 11.8 Å². The summed E-state index contributed by atoms with van der Waals surface area (Å²) in [5.41, 5.74) is -0.151. The van der Waals surface area contributed by atoms with Crippen LogP contribution in [-0.4, -0.2) is 53.2 Å². The maximum atomic E-state index is 9.20. The second-order valence-electron chi connectivity index (χ2n) is 4.10. The number of aromatic nitrogens is 2. The first-order valence-electron chi connectivity index (χ1n) is 5.49. The summed E-state index contributed by atoms with van der Waals surface area (Å²) in [6.07, 6.45) is 1.35. The van der Waals surface area contributed by atoms with Gasteiger partial charge < -0.3 is 25.0 Å². The van der Waals surface area contributed by atoms with E-state index in [0.717, 1.165) is 0 Å². The largest absolute Gasteiger partial charge is 0.481 e. The molecule has 0 amide bonds. The minimum Gasteiger partial charge on any atom is -0.481 e. The zero-order chi connectivity index (χ0) is 13.6. The topological polar surface area (TPSA) is 96.7 Å². The molecule has 0 aliphatic rings. The normalized spacial score (nSPS) is 11.4. The quantitative estimate of drug-likeness (QED) is 0.596.